The van der Waals surface area contributed by atoms with E-state index in [2.05, 4.69) is 11.1 Å². The fourth-order valence-electron chi connectivity index (χ4n) is 2.63. The first kappa shape index (κ1) is 12.5. The van der Waals surface area contributed by atoms with Crippen molar-refractivity contribution in [3.8, 4) is 17.6 Å². The highest BCUT2D eigenvalue weighted by molar-refractivity contribution is 6.01. The first-order valence-electron chi connectivity index (χ1n) is 6.93. The van der Waals surface area contributed by atoms with Crippen molar-refractivity contribution in [2.45, 2.75) is 0 Å². The molecule has 1 aliphatic rings. The highest BCUT2D eigenvalue weighted by Gasteiger charge is 2.13. The van der Waals surface area contributed by atoms with Crippen LogP contribution in [-0.4, -0.2) is 11.8 Å². The molecule has 0 unspecified atom stereocenters. The Morgan fingerprint density at radius 2 is 2.00 bits per heavy atom. The Morgan fingerprint density at radius 1 is 1.14 bits per heavy atom. The molecule has 3 aromatic rings. The summed E-state index contributed by atoms with van der Waals surface area (Å²) in [6.45, 7) is 0.246. The minimum absolute atomic E-state index is 0.246. The predicted molar refractivity (Wildman–Crippen MR) is 84.3 cm³/mol. The zero-order chi connectivity index (χ0) is 14.9. The van der Waals surface area contributed by atoms with Gasteiger partial charge in [-0.25, -0.2) is 0 Å². The van der Waals surface area contributed by atoms with Gasteiger partial charge in [0.15, 0.2) is 11.5 Å². The summed E-state index contributed by atoms with van der Waals surface area (Å²) >= 11 is 0. The van der Waals surface area contributed by atoms with Crippen LogP contribution in [0.15, 0.2) is 48.7 Å². The summed E-state index contributed by atoms with van der Waals surface area (Å²) in [5.41, 5.74) is 3.43. The molecule has 4 rings (SSSR count). The normalized spacial score (nSPS) is 13.3. The largest absolute Gasteiger partial charge is 0.454 e. The Balaban J connectivity index is 1.80. The number of H-pyrrole nitrogens is 1. The van der Waals surface area contributed by atoms with Crippen LogP contribution >= 0.6 is 0 Å². The Morgan fingerprint density at radius 3 is 2.91 bits per heavy atom. The molecule has 1 aromatic heterocycles. The van der Waals surface area contributed by atoms with Crippen molar-refractivity contribution in [1.82, 2.24) is 4.98 Å². The van der Waals surface area contributed by atoms with Crippen molar-refractivity contribution in [2.24, 2.45) is 0 Å². The van der Waals surface area contributed by atoms with Gasteiger partial charge >= 0.3 is 0 Å². The van der Waals surface area contributed by atoms with E-state index in [-0.39, 0.29) is 6.79 Å². The molecule has 2 heterocycles. The molecule has 1 aliphatic heterocycles. The van der Waals surface area contributed by atoms with Crippen LogP contribution in [-0.2, 0) is 0 Å². The van der Waals surface area contributed by atoms with Gasteiger partial charge in [-0.05, 0) is 29.8 Å². The quantitative estimate of drug-likeness (QED) is 0.726. The number of hydrogen-bond acceptors (Lipinski definition) is 3. The predicted octanol–water partition coefficient (Wildman–Crippen LogP) is 3.96. The zero-order valence-corrected chi connectivity index (χ0v) is 11.7. The van der Waals surface area contributed by atoms with Gasteiger partial charge in [0.1, 0.15) is 0 Å². The molecule has 106 valence electrons. The van der Waals surface area contributed by atoms with E-state index in [1.807, 2.05) is 54.7 Å². The summed E-state index contributed by atoms with van der Waals surface area (Å²) < 4.78 is 10.7. The van der Waals surface area contributed by atoms with Gasteiger partial charge in [0.05, 0.1) is 11.6 Å². The molecule has 0 aliphatic carbocycles. The summed E-state index contributed by atoms with van der Waals surface area (Å²) in [6.07, 6.45) is 3.73. The van der Waals surface area contributed by atoms with Crippen molar-refractivity contribution >= 4 is 22.6 Å². The van der Waals surface area contributed by atoms with Gasteiger partial charge < -0.3 is 14.5 Å². The summed E-state index contributed by atoms with van der Waals surface area (Å²) in [7, 11) is 0. The summed E-state index contributed by atoms with van der Waals surface area (Å²) in [5.74, 6) is 1.45. The first-order chi connectivity index (χ1) is 10.8. The highest BCUT2D eigenvalue weighted by atomic mass is 16.7. The molecule has 0 saturated carbocycles. The lowest BCUT2D eigenvalue weighted by molar-refractivity contribution is 0.174. The van der Waals surface area contributed by atoms with E-state index < -0.39 is 0 Å². The molecule has 0 saturated heterocycles. The van der Waals surface area contributed by atoms with E-state index in [1.165, 1.54) is 0 Å². The maximum absolute atomic E-state index is 9.52. The van der Waals surface area contributed by atoms with Crippen LogP contribution in [0, 0.1) is 11.3 Å². The van der Waals surface area contributed by atoms with Crippen molar-refractivity contribution in [2.75, 3.05) is 6.79 Å². The lowest BCUT2D eigenvalue weighted by Crippen LogP contribution is -1.92. The minimum atomic E-state index is 0.246. The van der Waals surface area contributed by atoms with Gasteiger partial charge in [-0.2, -0.15) is 5.26 Å². The summed E-state index contributed by atoms with van der Waals surface area (Å²) in [5, 5.41) is 10.6. The monoisotopic (exact) mass is 288 g/mol. The molecule has 0 spiro atoms. The number of allylic oxidation sites excluding steroid dienone is 1. The van der Waals surface area contributed by atoms with Crippen LogP contribution < -0.4 is 9.47 Å². The van der Waals surface area contributed by atoms with Gasteiger partial charge in [-0.15, -0.1) is 0 Å². The van der Waals surface area contributed by atoms with Crippen LogP contribution in [0.4, 0.5) is 0 Å². The number of hydrogen-bond donors (Lipinski definition) is 1. The maximum Gasteiger partial charge on any atom is 0.231 e. The van der Waals surface area contributed by atoms with Gasteiger partial charge in [0.2, 0.25) is 6.79 Å². The van der Waals surface area contributed by atoms with Crippen LogP contribution in [0.3, 0.4) is 0 Å². The standard InChI is InChI=1S/C18H12N2O2/c19-9-13(15-10-20-16-4-2-1-3-14(15)16)7-12-5-6-17-18(8-12)22-11-21-17/h1-8,10,20H,11H2/b13-7-. The molecule has 1 N–H and O–H groups in total. The average Bonchev–Trinajstić information content (AvgIpc) is 3.18. The summed E-state index contributed by atoms with van der Waals surface area (Å²) in [6, 6.07) is 15.9. The fraction of sp³-hybridized carbons (Fsp3) is 0.0556. The molecule has 0 radical (unpaired) electrons. The van der Waals surface area contributed by atoms with E-state index in [4.69, 9.17) is 9.47 Å². The first-order valence-corrected chi connectivity index (χ1v) is 6.93. The number of nitriles is 1. The number of fused-ring (bicyclic) bond motifs is 2. The lowest BCUT2D eigenvalue weighted by atomic mass is 10.0. The van der Waals surface area contributed by atoms with Gasteiger partial charge in [0.25, 0.3) is 0 Å². The maximum atomic E-state index is 9.52. The molecule has 22 heavy (non-hydrogen) atoms. The number of nitrogens with one attached hydrogen (secondary N) is 1. The molecule has 0 atom stereocenters. The van der Waals surface area contributed by atoms with Crippen molar-refractivity contribution in [3.05, 3.63) is 59.8 Å². The number of benzene rings is 2. The highest BCUT2D eigenvalue weighted by Crippen LogP contribution is 2.34. The second kappa shape index (κ2) is 4.97. The molecular weight excluding hydrogens is 276 g/mol. The van der Waals surface area contributed by atoms with Crippen molar-refractivity contribution < 1.29 is 9.47 Å². The van der Waals surface area contributed by atoms with Crippen LogP contribution in [0.2, 0.25) is 0 Å². The number of rotatable bonds is 2. The van der Waals surface area contributed by atoms with Crippen LogP contribution in [0.25, 0.3) is 22.6 Å². The average molecular weight is 288 g/mol. The van der Waals surface area contributed by atoms with E-state index in [0.717, 1.165) is 27.8 Å². The van der Waals surface area contributed by atoms with Crippen molar-refractivity contribution in [1.29, 1.82) is 5.26 Å². The van der Waals surface area contributed by atoms with E-state index in [0.29, 0.717) is 11.3 Å². The number of aromatic amines is 1. The smallest absolute Gasteiger partial charge is 0.231 e. The number of aromatic nitrogens is 1. The molecule has 0 amide bonds. The number of ether oxygens (including phenoxy) is 2. The summed E-state index contributed by atoms with van der Waals surface area (Å²) in [4.78, 5) is 3.19. The topological polar surface area (TPSA) is 58.0 Å². The van der Waals surface area contributed by atoms with Crippen molar-refractivity contribution in [3.63, 3.8) is 0 Å². The van der Waals surface area contributed by atoms with E-state index >= 15 is 0 Å². The van der Waals surface area contributed by atoms with E-state index in [9.17, 15) is 5.26 Å². The van der Waals surface area contributed by atoms with Gasteiger partial charge in [0, 0.05) is 22.7 Å². The Bertz CT molecular complexity index is 932. The minimum Gasteiger partial charge on any atom is -0.454 e. The Labute approximate surface area is 127 Å². The SMILES string of the molecule is N#C/C(=C/c1ccc2c(c1)OCO2)c1c[nH]c2ccccc12. The van der Waals surface area contributed by atoms with Crippen LogP contribution in [0.1, 0.15) is 11.1 Å². The molecular formula is C18H12N2O2. The zero-order valence-electron chi connectivity index (χ0n) is 11.7. The van der Waals surface area contributed by atoms with Gasteiger partial charge in [-0.1, -0.05) is 24.3 Å². The molecule has 4 nitrogen and oxygen atoms in total. The Hall–Kier alpha value is -3.19. The van der Waals surface area contributed by atoms with E-state index in [1.54, 1.807) is 0 Å². The third-order valence-electron chi connectivity index (χ3n) is 3.71. The fourth-order valence-corrected chi connectivity index (χ4v) is 2.63. The number of para-hydroxylation sites is 1. The Kier molecular flexibility index (Phi) is 2.84. The lowest BCUT2D eigenvalue weighted by Gasteiger charge is -2.00. The third kappa shape index (κ3) is 2.00. The molecule has 2 aromatic carbocycles. The number of nitrogens with zero attached hydrogens (tertiary/aromatic N) is 1. The molecule has 4 heteroatoms. The second-order valence-electron chi connectivity index (χ2n) is 5.03. The molecule has 0 fully saturated rings. The second-order valence-corrected chi connectivity index (χ2v) is 5.03. The third-order valence-corrected chi connectivity index (χ3v) is 3.71. The molecule has 0 bridgehead atoms. The van der Waals surface area contributed by atoms with Crippen LogP contribution in [0.5, 0.6) is 11.5 Å². The van der Waals surface area contributed by atoms with Gasteiger partial charge in [-0.3, -0.25) is 0 Å².